The number of aromatic nitrogens is 2. The van der Waals surface area contributed by atoms with Gasteiger partial charge in [-0.05, 0) is 12.1 Å². The number of nitrogens with one attached hydrogen (secondary N) is 1. The molecule has 1 aromatic carbocycles. The lowest BCUT2D eigenvalue weighted by atomic mass is 10.3. The lowest BCUT2D eigenvalue weighted by Gasteiger charge is -1.99. The smallest absolute Gasteiger partial charge is 0.151 e. The van der Waals surface area contributed by atoms with E-state index in [4.69, 9.17) is 9.47 Å². The predicted molar refractivity (Wildman–Crippen MR) is 57.6 cm³/mol. The van der Waals surface area contributed by atoms with E-state index >= 15 is 0 Å². The molecule has 1 N–H and O–H groups in total. The standard InChI is InChI=1S/C11H13FN2O2/c1-15-5-6-16-7-10-13-9-4-2-3-8(12)11(9)14-10/h2-4H,5-7H2,1H3,(H,13,14). The van der Waals surface area contributed by atoms with Crippen LogP contribution in [0, 0.1) is 5.82 Å². The molecular formula is C11H13FN2O2. The molecule has 0 unspecified atom stereocenters. The van der Waals surface area contributed by atoms with Gasteiger partial charge in [-0.1, -0.05) is 6.07 Å². The molecule has 5 heteroatoms. The van der Waals surface area contributed by atoms with Crippen molar-refractivity contribution < 1.29 is 13.9 Å². The van der Waals surface area contributed by atoms with E-state index in [1.54, 1.807) is 19.2 Å². The zero-order chi connectivity index (χ0) is 11.4. The van der Waals surface area contributed by atoms with E-state index in [1.807, 2.05) is 0 Å². The largest absolute Gasteiger partial charge is 0.382 e. The number of H-pyrrole nitrogens is 1. The highest BCUT2D eigenvalue weighted by molar-refractivity contribution is 5.75. The molecule has 1 heterocycles. The molecule has 0 bridgehead atoms. The third-order valence-corrected chi connectivity index (χ3v) is 2.18. The van der Waals surface area contributed by atoms with Crippen molar-refractivity contribution in [3.05, 3.63) is 29.8 Å². The van der Waals surface area contributed by atoms with Crippen LogP contribution in [0.1, 0.15) is 5.82 Å². The Labute approximate surface area is 92.4 Å². The highest BCUT2D eigenvalue weighted by Crippen LogP contribution is 2.14. The summed E-state index contributed by atoms with van der Waals surface area (Å²) in [5.41, 5.74) is 1.04. The van der Waals surface area contributed by atoms with Gasteiger partial charge in [0.2, 0.25) is 0 Å². The summed E-state index contributed by atoms with van der Waals surface area (Å²) in [5.74, 6) is 0.299. The molecule has 2 rings (SSSR count). The van der Waals surface area contributed by atoms with Crippen LogP contribution in [-0.2, 0) is 16.1 Å². The summed E-state index contributed by atoms with van der Waals surface area (Å²) >= 11 is 0. The van der Waals surface area contributed by atoms with Crippen molar-refractivity contribution in [2.75, 3.05) is 20.3 Å². The number of fused-ring (bicyclic) bond motifs is 1. The Hall–Kier alpha value is -1.46. The number of nitrogens with zero attached hydrogens (tertiary/aromatic N) is 1. The van der Waals surface area contributed by atoms with Crippen LogP contribution in [0.4, 0.5) is 4.39 Å². The monoisotopic (exact) mass is 224 g/mol. The van der Waals surface area contributed by atoms with Crippen LogP contribution >= 0.6 is 0 Å². The summed E-state index contributed by atoms with van der Waals surface area (Å²) in [7, 11) is 1.61. The zero-order valence-corrected chi connectivity index (χ0v) is 9.00. The van der Waals surface area contributed by atoms with Gasteiger partial charge in [-0.15, -0.1) is 0 Å². The van der Waals surface area contributed by atoms with Crippen molar-refractivity contribution >= 4 is 11.0 Å². The number of methoxy groups -OCH3 is 1. The second-order valence-electron chi connectivity index (χ2n) is 3.36. The number of halogens is 1. The van der Waals surface area contributed by atoms with Crippen molar-refractivity contribution in [3.8, 4) is 0 Å². The summed E-state index contributed by atoms with van der Waals surface area (Å²) in [6.07, 6.45) is 0. The lowest BCUT2D eigenvalue weighted by Crippen LogP contribution is -2.02. The van der Waals surface area contributed by atoms with Crippen molar-refractivity contribution in [2.45, 2.75) is 6.61 Å². The SMILES string of the molecule is COCCOCc1nc2c(F)cccc2[nH]1. The number of rotatable bonds is 5. The van der Waals surface area contributed by atoms with Crippen molar-refractivity contribution in [2.24, 2.45) is 0 Å². The Bertz CT molecular complexity index is 470. The van der Waals surface area contributed by atoms with E-state index in [9.17, 15) is 4.39 Å². The number of hydrogen-bond donors (Lipinski definition) is 1. The maximum absolute atomic E-state index is 13.3. The first-order chi connectivity index (χ1) is 7.81. The fourth-order valence-corrected chi connectivity index (χ4v) is 1.43. The second kappa shape index (κ2) is 5.05. The first-order valence-corrected chi connectivity index (χ1v) is 5.01. The van der Waals surface area contributed by atoms with Gasteiger partial charge in [-0.3, -0.25) is 0 Å². The van der Waals surface area contributed by atoms with Gasteiger partial charge in [0, 0.05) is 7.11 Å². The van der Waals surface area contributed by atoms with E-state index in [-0.39, 0.29) is 5.82 Å². The molecule has 0 aliphatic heterocycles. The number of imidazole rings is 1. The molecule has 4 nitrogen and oxygen atoms in total. The fourth-order valence-electron chi connectivity index (χ4n) is 1.43. The summed E-state index contributed by atoms with van der Waals surface area (Å²) < 4.78 is 23.4. The van der Waals surface area contributed by atoms with Gasteiger partial charge in [0.05, 0.1) is 18.7 Å². The molecule has 0 atom stereocenters. The molecular weight excluding hydrogens is 211 g/mol. The molecule has 86 valence electrons. The normalized spacial score (nSPS) is 11.1. The third kappa shape index (κ3) is 2.37. The number of aromatic amines is 1. The molecule has 0 amide bonds. The van der Waals surface area contributed by atoms with E-state index < -0.39 is 0 Å². The van der Waals surface area contributed by atoms with Gasteiger partial charge in [-0.2, -0.15) is 0 Å². The minimum atomic E-state index is -0.322. The van der Waals surface area contributed by atoms with Crippen molar-refractivity contribution in [1.29, 1.82) is 0 Å². The number of ether oxygens (including phenoxy) is 2. The highest BCUT2D eigenvalue weighted by atomic mass is 19.1. The van der Waals surface area contributed by atoms with Crippen LogP contribution < -0.4 is 0 Å². The van der Waals surface area contributed by atoms with Crippen LogP contribution in [0.2, 0.25) is 0 Å². The van der Waals surface area contributed by atoms with Crippen molar-refractivity contribution in [3.63, 3.8) is 0 Å². The molecule has 1 aromatic heterocycles. The van der Waals surface area contributed by atoms with Gasteiger partial charge in [0.1, 0.15) is 17.9 Å². The second-order valence-corrected chi connectivity index (χ2v) is 3.36. The molecule has 0 spiro atoms. The van der Waals surface area contributed by atoms with E-state index in [2.05, 4.69) is 9.97 Å². The van der Waals surface area contributed by atoms with Crippen LogP contribution in [0.15, 0.2) is 18.2 Å². The van der Waals surface area contributed by atoms with Crippen LogP contribution in [0.3, 0.4) is 0 Å². The van der Waals surface area contributed by atoms with Gasteiger partial charge in [0.15, 0.2) is 5.82 Å². The lowest BCUT2D eigenvalue weighted by molar-refractivity contribution is 0.0590. The minimum absolute atomic E-state index is 0.322. The molecule has 0 saturated heterocycles. The van der Waals surface area contributed by atoms with E-state index in [0.29, 0.717) is 36.7 Å². The first kappa shape index (κ1) is 11.0. The van der Waals surface area contributed by atoms with Crippen molar-refractivity contribution in [1.82, 2.24) is 9.97 Å². The van der Waals surface area contributed by atoms with Gasteiger partial charge in [-0.25, -0.2) is 9.37 Å². The maximum atomic E-state index is 13.3. The Morgan fingerprint density at radius 2 is 2.25 bits per heavy atom. The highest BCUT2D eigenvalue weighted by Gasteiger charge is 2.06. The molecule has 0 aliphatic carbocycles. The molecule has 2 aromatic rings. The Kier molecular flexibility index (Phi) is 3.48. The van der Waals surface area contributed by atoms with Gasteiger partial charge in [0.25, 0.3) is 0 Å². The maximum Gasteiger partial charge on any atom is 0.151 e. The fraction of sp³-hybridized carbons (Fsp3) is 0.364. The van der Waals surface area contributed by atoms with E-state index in [1.165, 1.54) is 6.07 Å². The first-order valence-electron chi connectivity index (χ1n) is 5.01. The molecule has 0 radical (unpaired) electrons. The quantitative estimate of drug-likeness (QED) is 0.788. The Morgan fingerprint density at radius 1 is 1.38 bits per heavy atom. The Balaban J connectivity index is 2.05. The summed E-state index contributed by atoms with van der Waals surface area (Å²) in [5, 5.41) is 0. The van der Waals surface area contributed by atoms with Crippen LogP contribution in [0.5, 0.6) is 0 Å². The zero-order valence-electron chi connectivity index (χ0n) is 9.00. The summed E-state index contributed by atoms with van der Waals surface area (Å²) in [6, 6.07) is 4.81. The molecule has 16 heavy (non-hydrogen) atoms. The number of para-hydroxylation sites is 1. The van der Waals surface area contributed by atoms with E-state index in [0.717, 1.165) is 0 Å². The molecule has 0 aliphatic rings. The average Bonchev–Trinajstić information content (AvgIpc) is 2.69. The van der Waals surface area contributed by atoms with Crippen LogP contribution in [0.25, 0.3) is 11.0 Å². The van der Waals surface area contributed by atoms with Crippen LogP contribution in [-0.4, -0.2) is 30.3 Å². The molecule has 0 fully saturated rings. The average molecular weight is 224 g/mol. The van der Waals surface area contributed by atoms with Gasteiger partial charge < -0.3 is 14.5 Å². The minimum Gasteiger partial charge on any atom is -0.382 e. The summed E-state index contributed by atoms with van der Waals surface area (Å²) in [6.45, 7) is 1.36. The molecule has 0 saturated carbocycles. The predicted octanol–water partition coefficient (Wildman–Crippen LogP) is 1.86. The number of benzene rings is 1. The third-order valence-electron chi connectivity index (χ3n) is 2.18. The number of hydrogen-bond acceptors (Lipinski definition) is 3. The van der Waals surface area contributed by atoms with Gasteiger partial charge >= 0.3 is 0 Å². The Morgan fingerprint density at radius 3 is 3.00 bits per heavy atom. The topological polar surface area (TPSA) is 47.1 Å². The summed E-state index contributed by atoms with van der Waals surface area (Å²) in [4.78, 5) is 7.11.